The van der Waals surface area contributed by atoms with Gasteiger partial charge in [0.05, 0.1) is 19.2 Å². The second-order valence-corrected chi connectivity index (χ2v) is 7.25. The van der Waals surface area contributed by atoms with Gasteiger partial charge in [0.25, 0.3) is 0 Å². The van der Waals surface area contributed by atoms with E-state index < -0.39 is 11.7 Å². The van der Waals surface area contributed by atoms with Crippen molar-refractivity contribution in [3.8, 4) is 5.75 Å². The Balaban J connectivity index is 1.88. The number of fused-ring (bicyclic) bond motifs is 1. The minimum Gasteiger partial charge on any atom is -0.497 e. The Morgan fingerprint density at radius 2 is 1.93 bits per heavy atom. The van der Waals surface area contributed by atoms with Gasteiger partial charge in [-0.2, -0.15) is 0 Å². The molecule has 0 saturated carbocycles. The predicted molar refractivity (Wildman–Crippen MR) is 102 cm³/mol. The molecule has 3 aromatic rings. The van der Waals surface area contributed by atoms with Crippen LogP contribution >= 0.6 is 0 Å². The number of para-hydroxylation sites is 1. The normalized spacial score (nSPS) is 11.4. The van der Waals surface area contributed by atoms with Crippen LogP contribution in [0.15, 0.2) is 48.5 Å². The van der Waals surface area contributed by atoms with Crippen LogP contribution in [-0.4, -0.2) is 38.7 Å². The fourth-order valence-corrected chi connectivity index (χ4v) is 2.67. The highest BCUT2D eigenvalue weighted by molar-refractivity contribution is 5.74. The van der Waals surface area contributed by atoms with Crippen molar-refractivity contribution in [1.29, 1.82) is 0 Å². The van der Waals surface area contributed by atoms with Crippen LogP contribution in [0.1, 0.15) is 26.3 Å². The van der Waals surface area contributed by atoms with Gasteiger partial charge in [-0.1, -0.05) is 29.5 Å². The third kappa shape index (κ3) is 4.75. The van der Waals surface area contributed by atoms with Crippen molar-refractivity contribution >= 4 is 17.1 Å². The predicted octanol–water partition coefficient (Wildman–Crippen LogP) is 3.83. The zero-order valence-corrected chi connectivity index (χ0v) is 16.0. The first-order chi connectivity index (χ1) is 12.9. The smallest absolute Gasteiger partial charge is 0.412 e. The monoisotopic (exact) mass is 368 g/mol. The third-order valence-corrected chi connectivity index (χ3v) is 3.88. The standard InChI is InChI=1S/C20H24N4O3/c1-20(2,3)27-19(25)23(13-15-8-7-9-16(12-15)26-4)14-24-18-11-6-5-10-17(18)21-22-24/h5-12H,13-14H2,1-4H3. The third-order valence-electron chi connectivity index (χ3n) is 3.88. The Morgan fingerprint density at radius 1 is 1.15 bits per heavy atom. The fraction of sp³-hybridized carbons (Fsp3) is 0.350. The maximum Gasteiger partial charge on any atom is 0.412 e. The van der Waals surface area contributed by atoms with Crippen LogP contribution < -0.4 is 4.74 Å². The van der Waals surface area contributed by atoms with Gasteiger partial charge >= 0.3 is 6.09 Å². The van der Waals surface area contributed by atoms with Crippen molar-refractivity contribution < 1.29 is 14.3 Å². The van der Waals surface area contributed by atoms with E-state index in [1.165, 1.54) is 0 Å². The van der Waals surface area contributed by atoms with Gasteiger partial charge in [0.2, 0.25) is 0 Å². The van der Waals surface area contributed by atoms with E-state index in [-0.39, 0.29) is 6.67 Å². The minimum atomic E-state index is -0.589. The lowest BCUT2D eigenvalue weighted by atomic mass is 10.2. The lowest BCUT2D eigenvalue weighted by molar-refractivity contribution is 0.0161. The maximum atomic E-state index is 12.8. The first kappa shape index (κ1) is 18.7. The maximum absolute atomic E-state index is 12.8. The molecule has 0 unspecified atom stereocenters. The molecular weight excluding hydrogens is 344 g/mol. The van der Waals surface area contributed by atoms with Crippen molar-refractivity contribution in [2.45, 2.75) is 39.6 Å². The van der Waals surface area contributed by atoms with Crippen molar-refractivity contribution in [3.63, 3.8) is 0 Å². The molecule has 27 heavy (non-hydrogen) atoms. The highest BCUT2D eigenvalue weighted by atomic mass is 16.6. The van der Waals surface area contributed by atoms with E-state index in [4.69, 9.17) is 9.47 Å². The average molecular weight is 368 g/mol. The highest BCUT2D eigenvalue weighted by Gasteiger charge is 2.23. The summed E-state index contributed by atoms with van der Waals surface area (Å²) in [5, 5.41) is 8.34. The fourth-order valence-electron chi connectivity index (χ4n) is 2.67. The van der Waals surface area contributed by atoms with Gasteiger partial charge in [-0.3, -0.25) is 4.90 Å². The van der Waals surface area contributed by atoms with Crippen molar-refractivity contribution in [3.05, 3.63) is 54.1 Å². The Bertz CT molecular complexity index is 930. The summed E-state index contributed by atoms with van der Waals surface area (Å²) in [6.45, 7) is 6.13. The number of aromatic nitrogens is 3. The summed E-state index contributed by atoms with van der Waals surface area (Å²) in [5.74, 6) is 0.739. The van der Waals surface area contributed by atoms with E-state index in [2.05, 4.69) is 10.3 Å². The molecule has 0 spiro atoms. The van der Waals surface area contributed by atoms with E-state index in [0.29, 0.717) is 6.54 Å². The molecule has 0 atom stereocenters. The van der Waals surface area contributed by atoms with Crippen LogP contribution in [0, 0.1) is 0 Å². The zero-order valence-electron chi connectivity index (χ0n) is 16.0. The van der Waals surface area contributed by atoms with Crippen molar-refractivity contribution in [2.75, 3.05) is 7.11 Å². The van der Waals surface area contributed by atoms with E-state index in [9.17, 15) is 4.79 Å². The number of hydrogen-bond donors (Lipinski definition) is 0. The molecular formula is C20H24N4O3. The second-order valence-electron chi connectivity index (χ2n) is 7.25. The SMILES string of the molecule is COc1cccc(CN(Cn2nnc3ccccc32)C(=O)OC(C)(C)C)c1. The lowest BCUT2D eigenvalue weighted by Crippen LogP contribution is -2.37. The molecule has 3 rings (SSSR count). The largest absolute Gasteiger partial charge is 0.497 e. The molecule has 142 valence electrons. The van der Waals surface area contributed by atoms with Gasteiger partial charge < -0.3 is 9.47 Å². The average Bonchev–Trinajstić information content (AvgIpc) is 3.03. The number of carbonyl (C=O) groups is 1. The summed E-state index contributed by atoms with van der Waals surface area (Å²) in [4.78, 5) is 14.4. The summed E-state index contributed by atoms with van der Waals surface area (Å²) in [5.41, 5.74) is 1.98. The van der Waals surface area contributed by atoms with E-state index >= 15 is 0 Å². The quantitative estimate of drug-likeness (QED) is 0.684. The van der Waals surface area contributed by atoms with Crippen LogP contribution in [0.4, 0.5) is 4.79 Å². The number of amides is 1. The summed E-state index contributed by atoms with van der Waals surface area (Å²) in [6.07, 6.45) is -0.412. The molecule has 7 nitrogen and oxygen atoms in total. The molecule has 0 aliphatic carbocycles. The van der Waals surface area contributed by atoms with Gasteiger partial charge in [0.15, 0.2) is 0 Å². The molecule has 1 aromatic heterocycles. The van der Waals surface area contributed by atoms with Gasteiger partial charge in [-0.15, -0.1) is 5.10 Å². The summed E-state index contributed by atoms with van der Waals surface area (Å²) in [7, 11) is 1.62. The first-order valence-corrected chi connectivity index (χ1v) is 8.75. The molecule has 2 aromatic carbocycles. The molecule has 0 fully saturated rings. The number of benzene rings is 2. The van der Waals surface area contributed by atoms with Crippen LogP contribution in [0.25, 0.3) is 11.0 Å². The Hall–Kier alpha value is -3.09. The van der Waals surface area contributed by atoms with Crippen LogP contribution in [0.3, 0.4) is 0 Å². The number of rotatable bonds is 5. The highest BCUT2D eigenvalue weighted by Crippen LogP contribution is 2.18. The van der Waals surface area contributed by atoms with Gasteiger partial charge in [0, 0.05) is 0 Å². The summed E-state index contributed by atoms with van der Waals surface area (Å²) in [6, 6.07) is 15.2. The molecule has 1 amide bonds. The zero-order chi connectivity index (χ0) is 19.4. The Kier molecular flexibility index (Phi) is 5.30. The van der Waals surface area contributed by atoms with Crippen molar-refractivity contribution in [2.24, 2.45) is 0 Å². The molecule has 0 aliphatic heterocycles. The molecule has 0 radical (unpaired) electrons. The van der Waals surface area contributed by atoms with E-state index in [1.807, 2.05) is 69.3 Å². The second kappa shape index (κ2) is 7.65. The minimum absolute atomic E-state index is 0.229. The number of hydrogen-bond acceptors (Lipinski definition) is 5. The first-order valence-electron chi connectivity index (χ1n) is 8.75. The van der Waals surface area contributed by atoms with Gasteiger partial charge in [-0.25, -0.2) is 9.48 Å². The topological polar surface area (TPSA) is 69.5 Å². The molecule has 0 bridgehead atoms. The molecule has 0 aliphatic rings. The molecule has 0 N–H and O–H groups in total. The number of carbonyl (C=O) groups excluding carboxylic acids is 1. The summed E-state index contributed by atoms with van der Waals surface area (Å²) < 4.78 is 12.6. The number of methoxy groups -OCH3 is 1. The molecule has 0 saturated heterocycles. The number of nitrogens with zero attached hydrogens (tertiary/aromatic N) is 4. The number of ether oxygens (including phenoxy) is 2. The summed E-state index contributed by atoms with van der Waals surface area (Å²) >= 11 is 0. The van der Waals surface area contributed by atoms with Crippen LogP contribution in [0.5, 0.6) is 5.75 Å². The lowest BCUT2D eigenvalue weighted by Gasteiger charge is -2.27. The van der Waals surface area contributed by atoms with Crippen molar-refractivity contribution in [1.82, 2.24) is 19.9 Å². The van der Waals surface area contributed by atoms with E-state index in [1.54, 1.807) is 16.7 Å². The van der Waals surface area contributed by atoms with Crippen LogP contribution in [-0.2, 0) is 18.0 Å². The van der Waals surface area contributed by atoms with Crippen LogP contribution in [0.2, 0.25) is 0 Å². The van der Waals surface area contributed by atoms with E-state index in [0.717, 1.165) is 22.3 Å². The molecule has 7 heteroatoms. The Morgan fingerprint density at radius 3 is 2.67 bits per heavy atom. The van der Waals surface area contributed by atoms with Gasteiger partial charge in [0.1, 0.15) is 23.5 Å². The van der Waals surface area contributed by atoms with Gasteiger partial charge in [-0.05, 0) is 50.6 Å². The molecule has 1 heterocycles. The Labute approximate surface area is 158 Å².